The van der Waals surface area contributed by atoms with Gasteiger partial charge in [0.25, 0.3) is 9.05 Å². The van der Waals surface area contributed by atoms with E-state index in [0.717, 1.165) is 19.3 Å². The lowest BCUT2D eigenvalue weighted by molar-refractivity contribution is 0.473. The van der Waals surface area contributed by atoms with E-state index in [1.54, 1.807) is 4.68 Å². The van der Waals surface area contributed by atoms with Crippen LogP contribution in [-0.4, -0.2) is 18.2 Å². The number of allylic oxidation sites excluding steroid dienone is 2. The maximum absolute atomic E-state index is 11.0. The Kier molecular flexibility index (Phi) is 2.84. The van der Waals surface area contributed by atoms with Crippen molar-refractivity contribution in [3.63, 3.8) is 0 Å². The van der Waals surface area contributed by atoms with Gasteiger partial charge in [0.2, 0.25) is 0 Å². The van der Waals surface area contributed by atoms with Gasteiger partial charge < -0.3 is 0 Å². The number of halogens is 1. The van der Waals surface area contributed by atoms with E-state index in [1.165, 1.54) is 12.4 Å². The van der Waals surface area contributed by atoms with Gasteiger partial charge in [-0.05, 0) is 19.3 Å². The zero-order valence-electron chi connectivity index (χ0n) is 8.01. The SMILES string of the molecule is O=S(=O)(Cl)c1cnn(C2C=CCCC2)c1. The summed E-state index contributed by atoms with van der Waals surface area (Å²) in [6.07, 6.45) is 10.1. The molecule has 0 N–H and O–H groups in total. The molecule has 6 heteroatoms. The highest BCUT2D eigenvalue weighted by Crippen LogP contribution is 2.23. The molecule has 1 aromatic heterocycles. The van der Waals surface area contributed by atoms with E-state index < -0.39 is 9.05 Å². The van der Waals surface area contributed by atoms with Gasteiger partial charge in [0, 0.05) is 16.9 Å². The summed E-state index contributed by atoms with van der Waals surface area (Å²) in [5.41, 5.74) is 0. The quantitative estimate of drug-likeness (QED) is 0.593. The van der Waals surface area contributed by atoms with Gasteiger partial charge in [-0.15, -0.1) is 0 Å². The van der Waals surface area contributed by atoms with Crippen molar-refractivity contribution in [1.82, 2.24) is 9.78 Å². The van der Waals surface area contributed by atoms with Crippen LogP contribution in [0.15, 0.2) is 29.4 Å². The van der Waals surface area contributed by atoms with Gasteiger partial charge in [-0.25, -0.2) is 8.42 Å². The predicted octanol–water partition coefficient (Wildman–Crippen LogP) is 2.09. The molecule has 0 aromatic carbocycles. The Bertz CT molecular complexity index is 478. The highest BCUT2D eigenvalue weighted by molar-refractivity contribution is 8.13. The van der Waals surface area contributed by atoms with Crippen molar-refractivity contribution >= 4 is 19.7 Å². The predicted molar refractivity (Wildman–Crippen MR) is 57.3 cm³/mol. The Morgan fingerprint density at radius 3 is 2.87 bits per heavy atom. The van der Waals surface area contributed by atoms with Crippen molar-refractivity contribution < 1.29 is 8.42 Å². The Balaban J connectivity index is 2.27. The van der Waals surface area contributed by atoms with Gasteiger partial charge >= 0.3 is 0 Å². The first-order valence-electron chi connectivity index (χ1n) is 4.73. The summed E-state index contributed by atoms with van der Waals surface area (Å²) in [6.45, 7) is 0. The van der Waals surface area contributed by atoms with Crippen LogP contribution in [0.25, 0.3) is 0 Å². The van der Waals surface area contributed by atoms with E-state index in [9.17, 15) is 8.42 Å². The van der Waals surface area contributed by atoms with Crippen LogP contribution in [0.4, 0.5) is 0 Å². The second kappa shape index (κ2) is 3.98. The summed E-state index contributed by atoms with van der Waals surface area (Å²) in [7, 11) is 1.56. The van der Waals surface area contributed by atoms with E-state index >= 15 is 0 Å². The molecule has 0 saturated heterocycles. The zero-order chi connectivity index (χ0) is 10.9. The van der Waals surface area contributed by atoms with Crippen LogP contribution in [0.1, 0.15) is 25.3 Å². The normalized spacial score (nSPS) is 21.8. The summed E-state index contributed by atoms with van der Waals surface area (Å²) < 4.78 is 23.7. The van der Waals surface area contributed by atoms with Gasteiger partial charge in [0.05, 0.1) is 12.2 Å². The molecule has 0 radical (unpaired) electrons. The van der Waals surface area contributed by atoms with Crippen LogP contribution in [0.5, 0.6) is 0 Å². The average Bonchev–Trinajstić information content (AvgIpc) is 2.67. The van der Waals surface area contributed by atoms with E-state index in [4.69, 9.17) is 10.7 Å². The van der Waals surface area contributed by atoms with E-state index in [2.05, 4.69) is 11.2 Å². The van der Waals surface area contributed by atoms with E-state index in [0.29, 0.717) is 0 Å². The average molecular weight is 247 g/mol. The van der Waals surface area contributed by atoms with Crippen LogP contribution in [0, 0.1) is 0 Å². The molecule has 15 heavy (non-hydrogen) atoms. The third kappa shape index (κ3) is 2.41. The minimum Gasteiger partial charge on any atom is -0.264 e. The topological polar surface area (TPSA) is 52.0 Å². The lowest BCUT2D eigenvalue weighted by atomic mass is 10.0. The Hall–Kier alpha value is -0.810. The number of hydrogen-bond acceptors (Lipinski definition) is 3. The van der Waals surface area contributed by atoms with Gasteiger partial charge in [-0.3, -0.25) is 4.68 Å². The minimum absolute atomic E-state index is 0.0585. The lowest BCUT2D eigenvalue weighted by Crippen LogP contribution is -2.09. The fraction of sp³-hybridized carbons (Fsp3) is 0.444. The molecule has 0 fully saturated rings. The first kappa shape index (κ1) is 10.7. The smallest absolute Gasteiger partial charge is 0.264 e. The molecular formula is C9H11ClN2O2S. The molecular weight excluding hydrogens is 236 g/mol. The molecule has 4 nitrogen and oxygen atoms in total. The zero-order valence-corrected chi connectivity index (χ0v) is 9.58. The second-order valence-electron chi connectivity index (χ2n) is 3.52. The molecule has 82 valence electrons. The molecule has 1 aliphatic rings. The van der Waals surface area contributed by atoms with Crippen LogP contribution < -0.4 is 0 Å². The van der Waals surface area contributed by atoms with Crippen LogP contribution >= 0.6 is 10.7 Å². The number of aromatic nitrogens is 2. The molecule has 1 aliphatic carbocycles. The Morgan fingerprint density at radius 2 is 2.33 bits per heavy atom. The Morgan fingerprint density at radius 1 is 1.53 bits per heavy atom. The molecule has 2 rings (SSSR count). The largest absolute Gasteiger partial charge is 0.264 e. The molecule has 1 atom stereocenters. The molecule has 1 unspecified atom stereocenters. The summed E-state index contributed by atoms with van der Waals surface area (Å²) in [5, 5.41) is 4.01. The van der Waals surface area contributed by atoms with Crippen molar-refractivity contribution in [3.8, 4) is 0 Å². The third-order valence-corrected chi connectivity index (χ3v) is 3.74. The van der Waals surface area contributed by atoms with Gasteiger partial charge in [-0.1, -0.05) is 12.2 Å². The van der Waals surface area contributed by atoms with Gasteiger partial charge in [0.15, 0.2) is 0 Å². The van der Waals surface area contributed by atoms with E-state index in [-0.39, 0.29) is 10.9 Å². The molecule has 0 spiro atoms. The van der Waals surface area contributed by atoms with Crippen LogP contribution in [0.2, 0.25) is 0 Å². The summed E-state index contributed by atoms with van der Waals surface area (Å²) in [6, 6.07) is 0.158. The lowest BCUT2D eigenvalue weighted by Gasteiger charge is -2.16. The van der Waals surface area contributed by atoms with E-state index in [1.807, 2.05) is 6.08 Å². The summed E-state index contributed by atoms with van der Waals surface area (Å²) in [4.78, 5) is 0.0585. The van der Waals surface area contributed by atoms with Crippen molar-refractivity contribution in [2.75, 3.05) is 0 Å². The summed E-state index contributed by atoms with van der Waals surface area (Å²) in [5.74, 6) is 0. The highest BCUT2D eigenvalue weighted by atomic mass is 35.7. The maximum atomic E-state index is 11.0. The fourth-order valence-corrected chi connectivity index (χ4v) is 2.29. The van der Waals surface area contributed by atoms with Gasteiger partial charge in [0.1, 0.15) is 4.90 Å². The summed E-state index contributed by atoms with van der Waals surface area (Å²) >= 11 is 0. The molecule has 1 heterocycles. The number of rotatable bonds is 2. The standard InChI is InChI=1S/C9H11ClN2O2S/c10-15(13,14)9-6-11-12(7-9)8-4-2-1-3-5-8/h2,4,6-8H,1,3,5H2. The molecule has 0 saturated carbocycles. The third-order valence-electron chi connectivity index (χ3n) is 2.43. The fourth-order valence-electron chi connectivity index (χ4n) is 1.64. The molecule has 0 amide bonds. The van der Waals surface area contributed by atoms with Crippen molar-refractivity contribution in [1.29, 1.82) is 0 Å². The maximum Gasteiger partial charge on any atom is 0.264 e. The molecule has 0 aliphatic heterocycles. The van der Waals surface area contributed by atoms with Crippen molar-refractivity contribution in [2.45, 2.75) is 30.2 Å². The van der Waals surface area contributed by atoms with Crippen LogP contribution in [0.3, 0.4) is 0 Å². The minimum atomic E-state index is -3.66. The highest BCUT2D eigenvalue weighted by Gasteiger charge is 2.16. The van der Waals surface area contributed by atoms with Crippen molar-refractivity contribution in [2.24, 2.45) is 0 Å². The molecule has 1 aromatic rings. The number of hydrogen-bond donors (Lipinski definition) is 0. The first-order valence-corrected chi connectivity index (χ1v) is 7.04. The van der Waals surface area contributed by atoms with Gasteiger partial charge in [-0.2, -0.15) is 5.10 Å². The number of nitrogens with zero attached hydrogens (tertiary/aromatic N) is 2. The second-order valence-corrected chi connectivity index (χ2v) is 6.09. The van der Waals surface area contributed by atoms with Crippen molar-refractivity contribution in [3.05, 3.63) is 24.5 Å². The Labute approximate surface area is 93.0 Å². The monoisotopic (exact) mass is 246 g/mol. The van der Waals surface area contributed by atoms with Crippen LogP contribution in [-0.2, 0) is 9.05 Å². The first-order chi connectivity index (χ1) is 7.07. The molecule has 0 bridgehead atoms.